The van der Waals surface area contributed by atoms with E-state index in [9.17, 15) is 0 Å². The van der Waals surface area contributed by atoms with E-state index in [-0.39, 0.29) is 6.71 Å². The number of aryl methyl sites for hydroxylation is 3. The maximum Gasteiger partial charge on any atom is 0.342 e. The fourth-order valence-corrected chi connectivity index (χ4v) is 10.5. The summed E-state index contributed by atoms with van der Waals surface area (Å²) in [5.41, 5.74) is 17.6. The van der Waals surface area contributed by atoms with Crippen molar-refractivity contribution in [2.75, 3.05) is 9.80 Å². The van der Waals surface area contributed by atoms with E-state index < -0.39 is 0 Å². The van der Waals surface area contributed by atoms with Crippen LogP contribution in [0.4, 0.5) is 34.1 Å². The molecule has 0 atom stereocenters. The van der Waals surface area contributed by atoms with Crippen molar-refractivity contribution in [1.29, 1.82) is 0 Å². The molecular weight excluding hydrogens is 667 g/mol. The van der Waals surface area contributed by atoms with Gasteiger partial charge in [0, 0.05) is 46.1 Å². The summed E-state index contributed by atoms with van der Waals surface area (Å²) in [6, 6.07) is 34.6. The number of para-hydroxylation sites is 2. The van der Waals surface area contributed by atoms with Gasteiger partial charge in [-0.2, -0.15) is 0 Å². The molecule has 6 nitrogen and oxygen atoms in total. The Morgan fingerprint density at radius 3 is 1.46 bits per heavy atom. The number of hydrogen-bond acceptors (Lipinski definition) is 6. The monoisotopic (exact) mass is 702 g/mol. The van der Waals surface area contributed by atoms with Crippen LogP contribution >= 0.6 is 0 Å². The molecule has 2 aliphatic heterocycles. The van der Waals surface area contributed by atoms with Crippen molar-refractivity contribution in [2.45, 2.75) is 58.3 Å². The Morgan fingerprint density at radius 1 is 0.481 bits per heavy atom. The molecule has 0 N–H and O–H groups in total. The fraction of sp³-hybridized carbons (Fsp3) is 0.191. The second-order valence-corrected chi connectivity index (χ2v) is 15.7. The van der Waals surface area contributed by atoms with Gasteiger partial charge in [0.1, 0.15) is 45.2 Å². The molecule has 0 amide bonds. The third kappa shape index (κ3) is 3.72. The first kappa shape index (κ1) is 29.4. The average Bonchev–Trinajstić information content (AvgIpc) is 3.98. The Balaban J connectivity index is 1.18. The fourth-order valence-electron chi connectivity index (χ4n) is 10.5. The second kappa shape index (κ2) is 10.5. The SMILES string of the molecule is Cc1cc2c3c(c1)N(c1cccc4oc5ccccc5c14)c1c(oc4c1CCCC4)B3c1oc3c(c1N2c1cccc2oc4ccccc4c12)CCCC3. The van der Waals surface area contributed by atoms with Crippen LogP contribution in [-0.4, -0.2) is 6.71 Å². The van der Waals surface area contributed by atoms with Crippen LogP contribution < -0.4 is 26.6 Å². The highest BCUT2D eigenvalue weighted by Gasteiger charge is 2.51. The van der Waals surface area contributed by atoms with Gasteiger partial charge in [0.05, 0.1) is 33.5 Å². The molecule has 0 unspecified atom stereocenters. The Hall–Kier alpha value is -6.08. The third-order valence-electron chi connectivity index (χ3n) is 12.6. The van der Waals surface area contributed by atoms with Gasteiger partial charge in [0.2, 0.25) is 0 Å². The van der Waals surface area contributed by atoms with Crippen LogP contribution in [0.2, 0.25) is 0 Å². The number of hydrogen-bond donors (Lipinski definition) is 0. The number of furan rings is 4. The molecule has 4 aromatic heterocycles. The molecule has 9 aromatic rings. The zero-order chi connectivity index (χ0) is 35.2. The summed E-state index contributed by atoms with van der Waals surface area (Å²) < 4.78 is 27.5. The van der Waals surface area contributed by atoms with Gasteiger partial charge in [0.15, 0.2) is 0 Å². The van der Waals surface area contributed by atoms with Crippen molar-refractivity contribution >= 4 is 101 Å². The van der Waals surface area contributed by atoms with Gasteiger partial charge in [-0.25, -0.2) is 0 Å². The molecule has 7 heteroatoms. The van der Waals surface area contributed by atoms with Gasteiger partial charge in [-0.1, -0.05) is 48.5 Å². The maximum atomic E-state index is 7.23. The highest BCUT2D eigenvalue weighted by atomic mass is 16.4. The van der Waals surface area contributed by atoms with Crippen LogP contribution in [0.25, 0.3) is 43.9 Å². The Bertz CT molecular complexity index is 2870. The van der Waals surface area contributed by atoms with Crippen LogP contribution in [0, 0.1) is 6.92 Å². The molecule has 0 saturated carbocycles. The highest BCUT2D eigenvalue weighted by Crippen LogP contribution is 2.52. The van der Waals surface area contributed by atoms with Crippen molar-refractivity contribution in [1.82, 2.24) is 0 Å². The van der Waals surface area contributed by atoms with Gasteiger partial charge in [0.25, 0.3) is 0 Å². The van der Waals surface area contributed by atoms with Gasteiger partial charge < -0.3 is 27.5 Å². The lowest BCUT2D eigenvalue weighted by Gasteiger charge is -2.41. The molecule has 0 spiro atoms. The lowest BCUT2D eigenvalue weighted by molar-refractivity contribution is 0.491. The minimum absolute atomic E-state index is 0.176. The molecule has 260 valence electrons. The molecule has 0 bridgehead atoms. The van der Waals surface area contributed by atoms with E-state index in [1.54, 1.807) is 0 Å². The zero-order valence-electron chi connectivity index (χ0n) is 30.0. The van der Waals surface area contributed by atoms with Crippen LogP contribution in [0.15, 0.2) is 115 Å². The number of rotatable bonds is 2. The molecule has 0 fully saturated rings. The van der Waals surface area contributed by atoms with E-state index in [4.69, 9.17) is 17.7 Å². The second-order valence-electron chi connectivity index (χ2n) is 15.7. The molecule has 6 heterocycles. The number of nitrogens with zero attached hydrogens (tertiary/aromatic N) is 2. The summed E-state index contributed by atoms with van der Waals surface area (Å²) >= 11 is 0. The summed E-state index contributed by atoms with van der Waals surface area (Å²) in [4.78, 5) is 5.05. The molecular formula is C47H35BN2O4. The molecule has 5 aromatic carbocycles. The van der Waals surface area contributed by atoms with Crippen LogP contribution in [-0.2, 0) is 25.7 Å². The van der Waals surface area contributed by atoms with Crippen molar-refractivity contribution in [3.05, 3.63) is 125 Å². The highest BCUT2D eigenvalue weighted by molar-refractivity contribution is 6.99. The molecule has 0 radical (unpaired) electrons. The van der Waals surface area contributed by atoms with Crippen molar-refractivity contribution in [3.63, 3.8) is 0 Å². The lowest BCUT2D eigenvalue weighted by atomic mass is 9.37. The van der Waals surface area contributed by atoms with E-state index in [2.05, 4.69) is 114 Å². The number of anilines is 6. The quantitative estimate of drug-likeness (QED) is 0.167. The largest absolute Gasteiger partial charge is 0.473 e. The van der Waals surface area contributed by atoms with Crippen molar-refractivity contribution < 1.29 is 17.7 Å². The van der Waals surface area contributed by atoms with Crippen molar-refractivity contribution in [2.24, 2.45) is 0 Å². The van der Waals surface area contributed by atoms with E-state index in [0.29, 0.717) is 0 Å². The van der Waals surface area contributed by atoms with Gasteiger partial charge >= 0.3 is 6.71 Å². The van der Waals surface area contributed by atoms with Gasteiger partial charge in [-0.3, -0.25) is 0 Å². The summed E-state index contributed by atoms with van der Waals surface area (Å²) in [5.74, 6) is 2.25. The topological polar surface area (TPSA) is 59.0 Å². The number of fused-ring (bicyclic) bond motifs is 14. The summed E-state index contributed by atoms with van der Waals surface area (Å²) in [6.45, 7) is 2.06. The first-order chi connectivity index (χ1) is 26.7. The van der Waals surface area contributed by atoms with E-state index >= 15 is 0 Å². The molecule has 2 aliphatic carbocycles. The molecule has 13 rings (SSSR count). The minimum Gasteiger partial charge on any atom is -0.473 e. The first-order valence-electron chi connectivity index (χ1n) is 19.6. The summed E-state index contributed by atoms with van der Waals surface area (Å²) in [7, 11) is 0. The van der Waals surface area contributed by atoms with Crippen LogP contribution in [0.3, 0.4) is 0 Å². The minimum atomic E-state index is -0.176. The van der Waals surface area contributed by atoms with E-state index in [1.807, 2.05) is 0 Å². The lowest BCUT2D eigenvalue weighted by Crippen LogP contribution is -2.60. The van der Waals surface area contributed by atoms with E-state index in [1.165, 1.54) is 44.9 Å². The zero-order valence-corrected chi connectivity index (χ0v) is 30.0. The standard InChI is InChI=1S/C47H35BN2O4/c1-26-24-33-43-34(25-26)50(32-17-11-23-40-42(32)28-13-3-7-19-36(28)52-40)45-30-15-5-9-21-38(30)54-47(45)48(43)46-44(29-14-4-8-20-37(29)53-46)49(33)31-16-10-22-39-41(31)27-12-2-6-18-35(27)51-39/h2-3,6-7,10-13,16-19,22-25H,4-5,8-9,14-15,20-21H2,1H3. The smallest absolute Gasteiger partial charge is 0.342 e. The Morgan fingerprint density at radius 2 is 0.944 bits per heavy atom. The Kier molecular flexibility index (Phi) is 5.73. The van der Waals surface area contributed by atoms with Crippen LogP contribution in [0.5, 0.6) is 0 Å². The number of benzene rings is 5. The normalized spacial score (nSPS) is 15.9. The molecule has 0 saturated heterocycles. The van der Waals surface area contributed by atoms with Gasteiger partial charge in [-0.05, 0) is 105 Å². The van der Waals surface area contributed by atoms with E-state index in [0.717, 1.165) is 129 Å². The molecule has 4 aliphatic rings. The predicted octanol–water partition coefficient (Wildman–Crippen LogP) is 10.8. The van der Waals surface area contributed by atoms with Crippen LogP contribution in [0.1, 0.15) is 53.9 Å². The van der Waals surface area contributed by atoms with Gasteiger partial charge in [-0.15, -0.1) is 0 Å². The third-order valence-corrected chi connectivity index (χ3v) is 12.6. The summed E-state index contributed by atoms with van der Waals surface area (Å²) in [5, 5.41) is 4.48. The van der Waals surface area contributed by atoms with Crippen molar-refractivity contribution in [3.8, 4) is 0 Å². The average molecular weight is 703 g/mol. The summed E-state index contributed by atoms with van der Waals surface area (Å²) in [6.07, 6.45) is 8.48. The predicted molar refractivity (Wildman–Crippen MR) is 218 cm³/mol. The first-order valence-corrected chi connectivity index (χ1v) is 19.6. The Labute approximate surface area is 311 Å². The maximum absolute atomic E-state index is 7.23. The molecule has 54 heavy (non-hydrogen) atoms.